The summed E-state index contributed by atoms with van der Waals surface area (Å²) in [7, 11) is 0. The molecule has 4 heterocycles. The number of nitrogens with zero attached hydrogens (tertiary/aromatic N) is 8. The molecule has 0 aliphatic heterocycles. The Labute approximate surface area is 200 Å². The van der Waals surface area contributed by atoms with Gasteiger partial charge in [-0.2, -0.15) is 23.5 Å². The summed E-state index contributed by atoms with van der Waals surface area (Å²) in [6.07, 6.45) is 1.58. The Bertz CT molecular complexity index is 1630. The van der Waals surface area contributed by atoms with Crippen LogP contribution in [-0.4, -0.2) is 34.3 Å². The zero-order valence-electron chi connectivity index (χ0n) is 18.4. The van der Waals surface area contributed by atoms with Gasteiger partial charge in [0.15, 0.2) is 0 Å². The largest absolute Gasteiger partial charge is 0.451 e. The Hall–Kier alpha value is -4.86. The van der Waals surface area contributed by atoms with Crippen LogP contribution in [0.2, 0.25) is 0 Å². The molecule has 5 aromatic rings. The molecule has 0 saturated heterocycles. The van der Waals surface area contributed by atoms with Gasteiger partial charge < -0.3 is 10.3 Å². The summed E-state index contributed by atoms with van der Waals surface area (Å²) in [4.78, 5) is 15.1. The minimum atomic E-state index is -4.72. The summed E-state index contributed by atoms with van der Waals surface area (Å²) in [6, 6.07) is 7.66. The average molecular weight is 493 g/mol. The first-order chi connectivity index (χ1) is 17.2. The monoisotopic (exact) mass is 493 g/mol. The Balaban J connectivity index is 1.68. The molecule has 2 N–H and O–H groups in total. The van der Waals surface area contributed by atoms with Crippen molar-refractivity contribution in [3.05, 3.63) is 78.3 Å². The summed E-state index contributed by atoms with van der Waals surface area (Å²) in [6.45, 7) is 1.77. The van der Waals surface area contributed by atoms with E-state index >= 15 is 0 Å². The van der Waals surface area contributed by atoms with Gasteiger partial charge in [0.05, 0.1) is 17.6 Å². The molecule has 0 bridgehead atoms. The van der Waals surface area contributed by atoms with E-state index in [1.165, 1.54) is 23.3 Å². The van der Waals surface area contributed by atoms with Gasteiger partial charge in [0.1, 0.15) is 41.1 Å². The topological polar surface area (TPSA) is 124 Å². The maximum absolute atomic E-state index is 14.3. The zero-order valence-corrected chi connectivity index (χ0v) is 18.4. The van der Waals surface area contributed by atoms with E-state index in [1.807, 2.05) is 0 Å². The fourth-order valence-electron chi connectivity index (χ4n) is 4.00. The van der Waals surface area contributed by atoms with Crippen molar-refractivity contribution >= 4 is 16.9 Å². The number of halogens is 4. The smallest absolute Gasteiger partial charge is 0.383 e. The second kappa shape index (κ2) is 8.42. The highest BCUT2D eigenvalue weighted by molar-refractivity contribution is 6.03. The summed E-state index contributed by atoms with van der Waals surface area (Å²) < 4.78 is 56.1. The molecule has 5 rings (SSSR count). The molecular weight excluding hydrogens is 478 g/mol. The number of benzene rings is 1. The third kappa shape index (κ3) is 3.68. The minimum absolute atomic E-state index is 0.0272. The fraction of sp³-hybridized carbons (Fsp3) is 0.130. The standard InChI is InChI=1S/C23H15F4N9/c1-12(14-9-34-35(10-14)16-5-3-2-4-15(16)24)36-17(6-28)18(19-20(29)32-11-33-21(19)36)13-7-30-22(31-8-13)23(25,26)27/h2-5,7-12H,1H3,(H2,29,32,33)/t12-/m1/s1. The van der Waals surface area contributed by atoms with Gasteiger partial charge in [0, 0.05) is 35.3 Å². The molecule has 0 fully saturated rings. The minimum Gasteiger partial charge on any atom is -0.383 e. The molecule has 4 aromatic heterocycles. The number of fused-ring (bicyclic) bond motifs is 1. The van der Waals surface area contributed by atoms with Crippen LogP contribution in [0, 0.1) is 17.1 Å². The molecule has 0 spiro atoms. The Morgan fingerprint density at radius 3 is 2.44 bits per heavy atom. The number of nitrogens with two attached hydrogens (primary N) is 1. The van der Waals surface area contributed by atoms with Crippen molar-refractivity contribution < 1.29 is 17.6 Å². The van der Waals surface area contributed by atoms with Gasteiger partial charge in [-0.3, -0.25) is 0 Å². The Morgan fingerprint density at radius 2 is 1.78 bits per heavy atom. The van der Waals surface area contributed by atoms with Crippen molar-refractivity contribution in [1.29, 1.82) is 5.26 Å². The van der Waals surface area contributed by atoms with E-state index in [9.17, 15) is 22.8 Å². The maximum atomic E-state index is 14.3. The number of hydrogen-bond acceptors (Lipinski definition) is 7. The van der Waals surface area contributed by atoms with E-state index in [-0.39, 0.29) is 39.4 Å². The SMILES string of the molecule is C[C@H](c1cnn(-c2ccccc2F)c1)n1c(C#N)c(-c2cnc(C(F)(F)F)nc2)c2c(N)ncnc21. The van der Waals surface area contributed by atoms with Gasteiger partial charge >= 0.3 is 6.18 Å². The molecule has 180 valence electrons. The van der Waals surface area contributed by atoms with Crippen LogP contribution in [-0.2, 0) is 6.18 Å². The second-order valence-corrected chi connectivity index (χ2v) is 7.80. The number of hydrogen-bond donors (Lipinski definition) is 1. The third-order valence-corrected chi connectivity index (χ3v) is 5.68. The van der Waals surface area contributed by atoms with E-state index in [1.54, 1.807) is 35.9 Å². The molecule has 36 heavy (non-hydrogen) atoms. The number of alkyl halides is 3. The van der Waals surface area contributed by atoms with Gasteiger partial charge in [0.25, 0.3) is 0 Å². The molecule has 13 heteroatoms. The number of para-hydroxylation sites is 1. The third-order valence-electron chi connectivity index (χ3n) is 5.68. The first-order valence-electron chi connectivity index (χ1n) is 10.4. The van der Waals surface area contributed by atoms with Crippen molar-refractivity contribution in [2.45, 2.75) is 19.1 Å². The maximum Gasteiger partial charge on any atom is 0.451 e. The van der Waals surface area contributed by atoms with Gasteiger partial charge in [-0.05, 0) is 19.1 Å². The Kier molecular flexibility index (Phi) is 5.36. The lowest BCUT2D eigenvalue weighted by atomic mass is 10.1. The van der Waals surface area contributed by atoms with E-state index in [4.69, 9.17) is 5.73 Å². The number of rotatable bonds is 4. The van der Waals surface area contributed by atoms with Crippen molar-refractivity contribution in [3.8, 4) is 22.9 Å². The lowest BCUT2D eigenvalue weighted by Crippen LogP contribution is -2.11. The molecule has 0 saturated carbocycles. The molecule has 0 radical (unpaired) electrons. The van der Waals surface area contributed by atoms with Crippen molar-refractivity contribution in [2.24, 2.45) is 0 Å². The molecule has 9 nitrogen and oxygen atoms in total. The number of aromatic nitrogens is 7. The first-order valence-corrected chi connectivity index (χ1v) is 10.4. The Morgan fingerprint density at radius 1 is 1.06 bits per heavy atom. The predicted octanol–water partition coefficient (Wildman–Crippen LogP) is 4.30. The fourth-order valence-corrected chi connectivity index (χ4v) is 4.00. The van der Waals surface area contributed by atoms with Crippen LogP contribution >= 0.6 is 0 Å². The van der Waals surface area contributed by atoms with E-state index in [0.29, 0.717) is 5.56 Å². The number of anilines is 1. The van der Waals surface area contributed by atoms with E-state index in [0.717, 1.165) is 12.4 Å². The number of nitriles is 1. The van der Waals surface area contributed by atoms with Crippen LogP contribution in [0.15, 0.2) is 55.4 Å². The zero-order chi connectivity index (χ0) is 25.6. The van der Waals surface area contributed by atoms with E-state index in [2.05, 4.69) is 31.1 Å². The highest BCUT2D eigenvalue weighted by Crippen LogP contribution is 2.39. The van der Waals surface area contributed by atoms with Crippen molar-refractivity contribution in [2.75, 3.05) is 5.73 Å². The molecule has 0 aliphatic carbocycles. The molecule has 0 unspecified atom stereocenters. The summed E-state index contributed by atoms with van der Waals surface area (Å²) >= 11 is 0. The molecular formula is C23H15F4N9. The van der Waals surface area contributed by atoms with Crippen molar-refractivity contribution in [1.82, 2.24) is 34.3 Å². The molecule has 0 amide bonds. The summed E-state index contributed by atoms with van der Waals surface area (Å²) in [5.41, 5.74) is 7.64. The highest BCUT2D eigenvalue weighted by Gasteiger charge is 2.35. The normalized spacial score (nSPS) is 12.6. The van der Waals surface area contributed by atoms with Crippen molar-refractivity contribution in [3.63, 3.8) is 0 Å². The van der Waals surface area contributed by atoms with Crippen LogP contribution in [0.1, 0.15) is 30.0 Å². The van der Waals surface area contributed by atoms with Gasteiger partial charge in [-0.25, -0.2) is 29.0 Å². The number of nitrogen functional groups attached to an aromatic ring is 1. The summed E-state index contributed by atoms with van der Waals surface area (Å²) in [5, 5.41) is 14.6. The molecule has 0 aliphatic rings. The summed E-state index contributed by atoms with van der Waals surface area (Å²) in [5.74, 6) is -1.75. The van der Waals surface area contributed by atoms with Crippen LogP contribution in [0.25, 0.3) is 27.8 Å². The average Bonchev–Trinajstić information content (AvgIpc) is 3.47. The van der Waals surface area contributed by atoms with Gasteiger partial charge in [-0.15, -0.1) is 0 Å². The van der Waals surface area contributed by atoms with E-state index < -0.39 is 23.9 Å². The van der Waals surface area contributed by atoms with Crippen LogP contribution in [0.4, 0.5) is 23.4 Å². The highest BCUT2D eigenvalue weighted by atomic mass is 19.4. The van der Waals surface area contributed by atoms with Crippen LogP contribution < -0.4 is 5.73 Å². The second-order valence-electron chi connectivity index (χ2n) is 7.80. The lowest BCUT2D eigenvalue weighted by molar-refractivity contribution is -0.144. The predicted molar refractivity (Wildman–Crippen MR) is 120 cm³/mol. The molecule has 1 aromatic carbocycles. The van der Waals surface area contributed by atoms with Crippen LogP contribution in [0.3, 0.4) is 0 Å². The van der Waals surface area contributed by atoms with Gasteiger partial charge in [-0.1, -0.05) is 12.1 Å². The quantitative estimate of drug-likeness (QED) is 0.370. The lowest BCUT2D eigenvalue weighted by Gasteiger charge is -2.14. The van der Waals surface area contributed by atoms with Gasteiger partial charge in [0.2, 0.25) is 5.82 Å². The van der Waals surface area contributed by atoms with Crippen LogP contribution in [0.5, 0.6) is 0 Å². The molecule has 1 atom stereocenters. The first kappa shape index (κ1) is 22.9.